The van der Waals surface area contributed by atoms with Crippen LogP contribution in [0.5, 0.6) is 0 Å². The standard InChI is InChI=1S/C15H18O/c1-10(16)13-4-2-3-5-14(13)15-9-11-6-7-12(15)8-11/h2-5,11-12,15H,6-9H2,1H3/t11?,12?,15-/m0/s1. The second-order valence-electron chi connectivity index (χ2n) is 5.42. The van der Waals surface area contributed by atoms with E-state index in [1.54, 1.807) is 6.92 Å². The van der Waals surface area contributed by atoms with Crippen LogP contribution < -0.4 is 0 Å². The number of carbonyl (C=O) groups is 1. The minimum atomic E-state index is 0.221. The summed E-state index contributed by atoms with van der Waals surface area (Å²) in [5, 5.41) is 0. The Balaban J connectivity index is 1.97. The first-order valence-electron chi connectivity index (χ1n) is 6.35. The van der Waals surface area contributed by atoms with Crippen molar-refractivity contribution in [3.63, 3.8) is 0 Å². The van der Waals surface area contributed by atoms with Crippen LogP contribution in [0.4, 0.5) is 0 Å². The third-order valence-electron chi connectivity index (χ3n) is 4.48. The van der Waals surface area contributed by atoms with Gasteiger partial charge in [0.1, 0.15) is 0 Å². The van der Waals surface area contributed by atoms with Gasteiger partial charge in [-0.25, -0.2) is 0 Å². The second kappa shape index (κ2) is 3.73. The molecule has 2 fully saturated rings. The second-order valence-corrected chi connectivity index (χ2v) is 5.42. The quantitative estimate of drug-likeness (QED) is 0.684. The van der Waals surface area contributed by atoms with Crippen molar-refractivity contribution in [2.45, 2.75) is 38.5 Å². The van der Waals surface area contributed by atoms with E-state index in [1.807, 2.05) is 12.1 Å². The van der Waals surface area contributed by atoms with E-state index in [1.165, 1.54) is 31.2 Å². The molecular formula is C15H18O. The van der Waals surface area contributed by atoms with Crippen molar-refractivity contribution in [3.05, 3.63) is 35.4 Å². The molecule has 0 saturated heterocycles. The predicted molar refractivity (Wildman–Crippen MR) is 64.6 cm³/mol. The summed E-state index contributed by atoms with van der Waals surface area (Å²) in [6.45, 7) is 1.69. The lowest BCUT2D eigenvalue weighted by molar-refractivity contribution is 0.101. The third kappa shape index (κ3) is 1.50. The fourth-order valence-electron chi connectivity index (χ4n) is 3.77. The third-order valence-corrected chi connectivity index (χ3v) is 4.48. The number of hydrogen-bond donors (Lipinski definition) is 0. The Morgan fingerprint density at radius 1 is 1.19 bits per heavy atom. The highest BCUT2D eigenvalue weighted by atomic mass is 16.1. The van der Waals surface area contributed by atoms with Crippen LogP contribution in [0.2, 0.25) is 0 Å². The Labute approximate surface area is 96.9 Å². The van der Waals surface area contributed by atoms with Gasteiger partial charge in [0.05, 0.1) is 0 Å². The van der Waals surface area contributed by atoms with Gasteiger partial charge in [-0.05, 0) is 49.5 Å². The van der Waals surface area contributed by atoms with Gasteiger partial charge >= 0.3 is 0 Å². The molecule has 0 spiro atoms. The highest BCUT2D eigenvalue weighted by Crippen LogP contribution is 2.53. The summed E-state index contributed by atoms with van der Waals surface area (Å²) >= 11 is 0. The van der Waals surface area contributed by atoms with E-state index in [0.29, 0.717) is 5.92 Å². The Bertz CT molecular complexity index is 421. The number of carbonyl (C=O) groups excluding carboxylic acids is 1. The zero-order valence-corrected chi connectivity index (χ0v) is 9.78. The molecule has 3 atom stereocenters. The maximum absolute atomic E-state index is 11.6. The molecule has 1 heteroatoms. The summed E-state index contributed by atoms with van der Waals surface area (Å²) < 4.78 is 0. The summed E-state index contributed by atoms with van der Waals surface area (Å²) in [7, 11) is 0. The molecule has 1 aromatic rings. The van der Waals surface area contributed by atoms with Crippen LogP contribution in [0.3, 0.4) is 0 Å². The van der Waals surface area contributed by atoms with Crippen molar-refractivity contribution in [2.24, 2.45) is 11.8 Å². The zero-order valence-electron chi connectivity index (χ0n) is 9.78. The molecule has 1 nitrogen and oxygen atoms in total. The molecule has 0 radical (unpaired) electrons. The van der Waals surface area contributed by atoms with Gasteiger partial charge in [-0.2, -0.15) is 0 Å². The molecule has 2 unspecified atom stereocenters. The van der Waals surface area contributed by atoms with Gasteiger partial charge in [-0.1, -0.05) is 30.7 Å². The highest BCUT2D eigenvalue weighted by Gasteiger charge is 2.40. The van der Waals surface area contributed by atoms with E-state index in [0.717, 1.165) is 17.4 Å². The van der Waals surface area contributed by atoms with E-state index in [4.69, 9.17) is 0 Å². The van der Waals surface area contributed by atoms with Crippen molar-refractivity contribution < 1.29 is 4.79 Å². The van der Waals surface area contributed by atoms with E-state index in [9.17, 15) is 4.79 Å². The van der Waals surface area contributed by atoms with E-state index >= 15 is 0 Å². The zero-order chi connectivity index (χ0) is 11.1. The lowest BCUT2D eigenvalue weighted by Gasteiger charge is -2.23. The highest BCUT2D eigenvalue weighted by molar-refractivity contribution is 5.95. The van der Waals surface area contributed by atoms with E-state index in [2.05, 4.69) is 12.1 Å². The van der Waals surface area contributed by atoms with Crippen LogP contribution in [-0.4, -0.2) is 5.78 Å². The molecule has 0 amide bonds. The monoisotopic (exact) mass is 214 g/mol. The van der Waals surface area contributed by atoms with Crippen LogP contribution in [0.1, 0.15) is 54.4 Å². The predicted octanol–water partition coefficient (Wildman–Crippen LogP) is 3.79. The number of ketones is 1. The molecule has 0 N–H and O–H groups in total. The van der Waals surface area contributed by atoms with Crippen LogP contribution in [0.25, 0.3) is 0 Å². The van der Waals surface area contributed by atoms with E-state index < -0.39 is 0 Å². The van der Waals surface area contributed by atoms with Gasteiger partial charge in [-0.15, -0.1) is 0 Å². The first-order chi connectivity index (χ1) is 7.75. The summed E-state index contributed by atoms with van der Waals surface area (Å²) in [4.78, 5) is 11.6. The number of Topliss-reactive ketones (excluding diaryl/α,β-unsaturated/α-hetero) is 1. The van der Waals surface area contributed by atoms with Crippen molar-refractivity contribution in [1.82, 2.24) is 0 Å². The maximum Gasteiger partial charge on any atom is 0.160 e. The fourth-order valence-corrected chi connectivity index (χ4v) is 3.77. The van der Waals surface area contributed by atoms with Gasteiger partial charge in [-0.3, -0.25) is 4.79 Å². The molecule has 0 aliphatic heterocycles. The number of fused-ring (bicyclic) bond motifs is 2. The van der Waals surface area contributed by atoms with Gasteiger partial charge in [0.2, 0.25) is 0 Å². The molecular weight excluding hydrogens is 196 g/mol. The van der Waals surface area contributed by atoms with Crippen LogP contribution in [0.15, 0.2) is 24.3 Å². The van der Waals surface area contributed by atoms with Crippen LogP contribution in [-0.2, 0) is 0 Å². The Morgan fingerprint density at radius 3 is 2.62 bits per heavy atom. The number of hydrogen-bond acceptors (Lipinski definition) is 1. The minimum absolute atomic E-state index is 0.221. The molecule has 3 rings (SSSR count). The van der Waals surface area contributed by atoms with Gasteiger partial charge in [0, 0.05) is 5.56 Å². The molecule has 84 valence electrons. The van der Waals surface area contributed by atoms with Gasteiger partial charge in [0.15, 0.2) is 5.78 Å². The van der Waals surface area contributed by atoms with Crippen LogP contribution in [0, 0.1) is 11.8 Å². The van der Waals surface area contributed by atoms with Crippen molar-refractivity contribution in [2.75, 3.05) is 0 Å². The summed E-state index contributed by atoms with van der Waals surface area (Å²) in [6.07, 6.45) is 5.51. The first kappa shape index (κ1) is 10.1. The summed E-state index contributed by atoms with van der Waals surface area (Å²) in [6, 6.07) is 8.22. The largest absolute Gasteiger partial charge is 0.295 e. The minimum Gasteiger partial charge on any atom is -0.295 e. The Hall–Kier alpha value is -1.11. The Kier molecular flexibility index (Phi) is 2.34. The first-order valence-corrected chi connectivity index (χ1v) is 6.35. The summed E-state index contributed by atoms with van der Waals surface area (Å²) in [5.41, 5.74) is 2.28. The van der Waals surface area contributed by atoms with Gasteiger partial charge in [0.25, 0.3) is 0 Å². The Morgan fingerprint density at radius 2 is 2.00 bits per heavy atom. The molecule has 0 aromatic heterocycles. The SMILES string of the molecule is CC(=O)c1ccccc1[C@H]1CC2CCC1C2. The van der Waals surface area contributed by atoms with Crippen molar-refractivity contribution in [1.29, 1.82) is 0 Å². The van der Waals surface area contributed by atoms with Gasteiger partial charge < -0.3 is 0 Å². The maximum atomic E-state index is 11.6. The number of rotatable bonds is 2. The molecule has 1 aromatic carbocycles. The molecule has 16 heavy (non-hydrogen) atoms. The average molecular weight is 214 g/mol. The average Bonchev–Trinajstić information content (AvgIpc) is 2.90. The molecule has 2 aliphatic rings. The molecule has 2 saturated carbocycles. The van der Waals surface area contributed by atoms with E-state index in [-0.39, 0.29) is 5.78 Å². The lowest BCUT2D eigenvalue weighted by atomic mass is 9.81. The topological polar surface area (TPSA) is 17.1 Å². The normalized spacial score (nSPS) is 31.9. The number of benzene rings is 1. The fraction of sp³-hybridized carbons (Fsp3) is 0.533. The molecule has 0 heterocycles. The van der Waals surface area contributed by atoms with Crippen molar-refractivity contribution in [3.8, 4) is 0 Å². The smallest absolute Gasteiger partial charge is 0.160 e. The van der Waals surface area contributed by atoms with Crippen molar-refractivity contribution >= 4 is 5.78 Å². The molecule has 2 aliphatic carbocycles. The lowest BCUT2D eigenvalue weighted by Crippen LogP contribution is -2.12. The molecule has 2 bridgehead atoms. The summed E-state index contributed by atoms with van der Waals surface area (Å²) in [5.74, 6) is 2.68. The van der Waals surface area contributed by atoms with Crippen LogP contribution >= 0.6 is 0 Å².